The summed E-state index contributed by atoms with van der Waals surface area (Å²) in [6.45, 7) is 1.80. The van der Waals surface area contributed by atoms with Crippen LogP contribution in [0.3, 0.4) is 0 Å². The highest BCUT2D eigenvalue weighted by molar-refractivity contribution is 7.47. The van der Waals surface area contributed by atoms with Crippen molar-refractivity contribution in [3.63, 3.8) is 0 Å². The number of carbonyl (C=O) groups excluding carboxylic acids is 2. The minimum absolute atomic E-state index is 0.114. The van der Waals surface area contributed by atoms with Crippen molar-refractivity contribution in [2.45, 2.75) is 238 Å². The van der Waals surface area contributed by atoms with Gasteiger partial charge in [0, 0.05) is 12.8 Å². The molecular weight excluding hydrogens is 796 g/mol. The highest BCUT2D eigenvalue weighted by Gasteiger charge is 2.32. The van der Waals surface area contributed by atoms with Gasteiger partial charge in [0.2, 0.25) is 0 Å². The summed E-state index contributed by atoms with van der Waals surface area (Å²) < 4.78 is 33.1. The Morgan fingerprint density at radius 3 is 1.25 bits per heavy atom. The molecular formula is C49H91O11P. The molecule has 0 saturated heterocycles. The summed E-state index contributed by atoms with van der Waals surface area (Å²) in [5.74, 6) is -1.04. The molecule has 0 fully saturated rings. The van der Waals surface area contributed by atoms with Crippen molar-refractivity contribution in [3.8, 4) is 0 Å². The van der Waals surface area contributed by atoms with Crippen LogP contribution >= 0.6 is 7.82 Å². The number of phosphoric ester groups is 1. The Bertz CT molecular complexity index is 1130. The van der Waals surface area contributed by atoms with Crippen LogP contribution in [0.1, 0.15) is 219 Å². The molecule has 0 bridgehead atoms. The number of aliphatic hydroxyl groups is 3. The number of hydrogen-bond donors (Lipinski definition) is 4. The van der Waals surface area contributed by atoms with Gasteiger partial charge in [-0.2, -0.15) is 0 Å². The fraction of sp³-hybridized carbons (Fsp3) is 0.837. The first kappa shape index (κ1) is 59.1. The number of phosphoric acid groups is 1. The molecule has 0 radical (unpaired) electrons. The topological polar surface area (TPSA) is 169 Å². The number of aliphatic hydroxyl groups excluding tert-OH is 3. The largest absolute Gasteiger partial charge is 0.472 e. The Labute approximate surface area is 372 Å². The Morgan fingerprint density at radius 1 is 0.508 bits per heavy atom. The van der Waals surface area contributed by atoms with Crippen molar-refractivity contribution in [3.05, 3.63) is 36.5 Å². The summed E-state index contributed by atoms with van der Waals surface area (Å²) in [4.78, 5) is 35.3. The third-order valence-corrected chi connectivity index (χ3v) is 11.7. The third-order valence-electron chi connectivity index (χ3n) is 10.7. The van der Waals surface area contributed by atoms with Gasteiger partial charge in [0.05, 0.1) is 19.8 Å². The zero-order chi connectivity index (χ0) is 44.9. The van der Waals surface area contributed by atoms with Crippen LogP contribution in [-0.2, 0) is 32.7 Å². The van der Waals surface area contributed by atoms with Crippen LogP contribution < -0.4 is 0 Å². The number of unbranched alkanes of at least 4 members (excludes halogenated alkanes) is 25. The summed E-state index contributed by atoms with van der Waals surface area (Å²) in [6, 6.07) is 0. The van der Waals surface area contributed by atoms with Crippen molar-refractivity contribution >= 4 is 19.8 Å². The molecule has 358 valence electrons. The van der Waals surface area contributed by atoms with Crippen LogP contribution in [0.2, 0.25) is 0 Å². The molecule has 4 N–H and O–H groups in total. The second kappa shape index (κ2) is 44.7. The van der Waals surface area contributed by atoms with E-state index in [1.165, 1.54) is 141 Å². The summed E-state index contributed by atoms with van der Waals surface area (Å²) in [5.41, 5.74) is 0. The molecule has 0 aromatic rings. The number of ether oxygens (including phenoxy) is 2. The standard InChI is InChI=1S/C49H91O11P/c1-3-5-7-9-11-13-15-17-18-19-20-21-22-23-24-25-26-28-30-32-34-36-38-40-49(54)59-45(44-58-61(55,56)60-47(42-51)46(52)41-50)43-57-48(53)39-37-35-33-31-29-27-16-14-12-10-8-6-4-2/h15,17,29-32,45-47,50-52H,3-14,16,18-28,33-44H2,1-2H3,(H,55,56)/b17-15-,31-29-,32-30-/t45-,46-,47-/m1/s1. The maximum absolute atomic E-state index is 12.7. The lowest BCUT2D eigenvalue weighted by molar-refractivity contribution is -0.161. The lowest BCUT2D eigenvalue weighted by Gasteiger charge is -2.24. The van der Waals surface area contributed by atoms with Gasteiger partial charge in [-0.3, -0.25) is 18.6 Å². The van der Waals surface area contributed by atoms with Crippen LogP contribution in [0, 0.1) is 0 Å². The second-order valence-corrected chi connectivity index (χ2v) is 18.0. The predicted octanol–water partition coefficient (Wildman–Crippen LogP) is 12.5. The number of carbonyl (C=O) groups is 2. The van der Waals surface area contributed by atoms with Crippen LogP contribution in [0.25, 0.3) is 0 Å². The number of esters is 2. The molecule has 1 unspecified atom stereocenters. The van der Waals surface area contributed by atoms with E-state index >= 15 is 0 Å². The molecule has 0 aliphatic heterocycles. The monoisotopic (exact) mass is 887 g/mol. The second-order valence-electron chi connectivity index (χ2n) is 16.6. The first-order valence-corrected chi connectivity index (χ1v) is 26.0. The minimum Gasteiger partial charge on any atom is -0.462 e. The maximum Gasteiger partial charge on any atom is 0.472 e. The van der Waals surface area contributed by atoms with E-state index in [-0.39, 0.29) is 19.4 Å². The van der Waals surface area contributed by atoms with Crippen LogP contribution in [0.15, 0.2) is 36.5 Å². The van der Waals surface area contributed by atoms with Gasteiger partial charge in [0.15, 0.2) is 6.10 Å². The lowest BCUT2D eigenvalue weighted by atomic mass is 10.1. The van der Waals surface area contributed by atoms with Crippen molar-refractivity contribution in [1.29, 1.82) is 0 Å². The van der Waals surface area contributed by atoms with E-state index in [4.69, 9.17) is 23.6 Å². The van der Waals surface area contributed by atoms with Crippen LogP contribution in [0.5, 0.6) is 0 Å². The fourth-order valence-corrected chi connectivity index (χ4v) is 7.75. The molecule has 0 aromatic heterocycles. The van der Waals surface area contributed by atoms with E-state index in [1.807, 2.05) is 0 Å². The van der Waals surface area contributed by atoms with Gasteiger partial charge in [-0.15, -0.1) is 0 Å². The molecule has 0 rings (SSSR count). The molecule has 11 nitrogen and oxygen atoms in total. The molecule has 4 atom stereocenters. The van der Waals surface area contributed by atoms with Gasteiger partial charge in [-0.1, -0.05) is 153 Å². The zero-order valence-electron chi connectivity index (χ0n) is 38.7. The molecule has 0 saturated carbocycles. The van der Waals surface area contributed by atoms with Gasteiger partial charge in [0.25, 0.3) is 0 Å². The van der Waals surface area contributed by atoms with E-state index < -0.39 is 57.9 Å². The van der Waals surface area contributed by atoms with E-state index in [0.29, 0.717) is 12.8 Å². The van der Waals surface area contributed by atoms with Crippen LogP contribution in [0.4, 0.5) is 0 Å². The van der Waals surface area contributed by atoms with Gasteiger partial charge in [0.1, 0.15) is 18.8 Å². The summed E-state index contributed by atoms with van der Waals surface area (Å²) in [5, 5.41) is 28.2. The quantitative estimate of drug-likeness (QED) is 0.0199. The molecule has 0 aliphatic rings. The Balaban J connectivity index is 4.37. The normalized spacial score (nSPS) is 14.5. The number of hydrogen-bond acceptors (Lipinski definition) is 10. The third kappa shape index (κ3) is 41.9. The minimum atomic E-state index is -4.86. The average molecular weight is 887 g/mol. The van der Waals surface area contributed by atoms with E-state index in [1.54, 1.807) is 0 Å². The molecule has 0 amide bonds. The van der Waals surface area contributed by atoms with Crippen molar-refractivity contribution in [1.82, 2.24) is 0 Å². The Hall–Kier alpha value is -1.85. The van der Waals surface area contributed by atoms with Crippen molar-refractivity contribution < 1.29 is 52.9 Å². The number of rotatable bonds is 46. The smallest absolute Gasteiger partial charge is 0.462 e. The Kier molecular flexibility index (Phi) is 43.4. The van der Waals surface area contributed by atoms with E-state index in [9.17, 15) is 29.3 Å². The van der Waals surface area contributed by atoms with Gasteiger partial charge in [-0.25, -0.2) is 4.57 Å². The van der Waals surface area contributed by atoms with Gasteiger partial charge in [-0.05, 0) is 89.9 Å². The average Bonchev–Trinajstić information content (AvgIpc) is 3.25. The first-order valence-electron chi connectivity index (χ1n) is 24.5. The van der Waals surface area contributed by atoms with Crippen molar-refractivity contribution in [2.24, 2.45) is 0 Å². The van der Waals surface area contributed by atoms with Gasteiger partial charge < -0.3 is 29.7 Å². The van der Waals surface area contributed by atoms with Crippen LogP contribution in [-0.4, -0.2) is 76.9 Å². The molecule has 12 heteroatoms. The highest BCUT2D eigenvalue weighted by Crippen LogP contribution is 2.45. The molecule has 0 heterocycles. The first-order chi connectivity index (χ1) is 29.7. The predicted molar refractivity (Wildman–Crippen MR) is 248 cm³/mol. The fourth-order valence-electron chi connectivity index (χ4n) is 6.78. The molecule has 0 aliphatic carbocycles. The summed E-state index contributed by atoms with van der Waals surface area (Å²) in [7, 11) is -4.86. The summed E-state index contributed by atoms with van der Waals surface area (Å²) in [6.07, 6.45) is 44.6. The van der Waals surface area contributed by atoms with E-state index in [0.717, 1.165) is 38.5 Å². The van der Waals surface area contributed by atoms with Crippen molar-refractivity contribution in [2.75, 3.05) is 26.4 Å². The SMILES string of the molecule is CCCCCCC/C=C\CCCCCCCCCC/C=C\CCCCC(=O)O[C@H](COC(=O)CCCC/C=C\CCCCCCCCC)COP(=O)(O)O[C@H](CO)[C@H](O)CO. The number of allylic oxidation sites excluding steroid dienone is 6. The molecule has 0 spiro atoms. The maximum atomic E-state index is 12.7. The lowest BCUT2D eigenvalue weighted by Crippen LogP contribution is -2.35. The van der Waals surface area contributed by atoms with Gasteiger partial charge >= 0.3 is 19.8 Å². The summed E-state index contributed by atoms with van der Waals surface area (Å²) >= 11 is 0. The Morgan fingerprint density at radius 2 is 0.869 bits per heavy atom. The molecule has 0 aromatic carbocycles. The highest BCUT2D eigenvalue weighted by atomic mass is 31.2. The molecule has 61 heavy (non-hydrogen) atoms. The zero-order valence-corrected chi connectivity index (χ0v) is 39.6. The van der Waals surface area contributed by atoms with E-state index in [2.05, 4.69) is 50.3 Å².